The molecule has 0 fully saturated rings. The normalized spacial score (nSPS) is 13.4. The zero-order valence-corrected chi connectivity index (χ0v) is 52.9. The van der Waals surface area contributed by atoms with Gasteiger partial charge in [0.25, 0.3) is 0 Å². The molecular weight excluding hydrogens is 1020 g/mol. The van der Waals surface area contributed by atoms with Gasteiger partial charge in [-0.15, -0.1) is 0 Å². The summed E-state index contributed by atoms with van der Waals surface area (Å²) in [6, 6.07) is 0. The smallest absolute Gasteiger partial charge is 0.306 e. The molecule has 0 heterocycles. The summed E-state index contributed by atoms with van der Waals surface area (Å²) in [6.07, 6.45) is 104. The quantitative estimate of drug-likeness (QED) is 0.0261. The Morgan fingerprint density at radius 2 is 0.434 bits per heavy atom. The highest BCUT2D eigenvalue weighted by atomic mass is 16.6. The number of hydrogen-bond acceptors (Lipinski definition) is 6. The lowest BCUT2D eigenvalue weighted by atomic mass is 10.1. The maximum atomic E-state index is 12.9. The average Bonchev–Trinajstić information content (AvgIpc) is 3.50. The number of carbonyl (C=O) groups is 3. The summed E-state index contributed by atoms with van der Waals surface area (Å²) in [7, 11) is 0. The van der Waals surface area contributed by atoms with E-state index in [2.05, 4.69) is 215 Å². The summed E-state index contributed by atoms with van der Waals surface area (Å²) < 4.78 is 16.9. The van der Waals surface area contributed by atoms with Crippen LogP contribution >= 0.6 is 0 Å². The fourth-order valence-electron chi connectivity index (χ4n) is 8.26. The van der Waals surface area contributed by atoms with Gasteiger partial charge in [0.2, 0.25) is 0 Å². The average molecular weight is 1140 g/mol. The van der Waals surface area contributed by atoms with Crippen molar-refractivity contribution in [3.63, 3.8) is 0 Å². The van der Waals surface area contributed by atoms with Crippen LogP contribution in [0.2, 0.25) is 0 Å². The first-order valence-corrected chi connectivity index (χ1v) is 32.9. The Bertz CT molecular complexity index is 1990. The van der Waals surface area contributed by atoms with Crippen LogP contribution in [0.15, 0.2) is 194 Å². The second kappa shape index (κ2) is 68.7. The summed E-state index contributed by atoms with van der Waals surface area (Å²) in [4.78, 5) is 38.4. The van der Waals surface area contributed by atoms with Gasteiger partial charge in [-0.1, -0.05) is 267 Å². The molecule has 0 aromatic carbocycles. The zero-order chi connectivity index (χ0) is 59.9. The van der Waals surface area contributed by atoms with Crippen molar-refractivity contribution < 1.29 is 28.6 Å². The van der Waals surface area contributed by atoms with Gasteiger partial charge >= 0.3 is 17.9 Å². The highest BCUT2D eigenvalue weighted by Crippen LogP contribution is 2.14. The van der Waals surface area contributed by atoms with Gasteiger partial charge in [0.15, 0.2) is 6.10 Å². The van der Waals surface area contributed by atoms with E-state index in [0.717, 1.165) is 180 Å². The third kappa shape index (κ3) is 66.9. The van der Waals surface area contributed by atoms with Crippen LogP contribution in [-0.4, -0.2) is 37.2 Å². The number of esters is 3. The molecule has 0 spiro atoms. The topological polar surface area (TPSA) is 78.9 Å². The first kappa shape index (κ1) is 77.2. The number of carbonyl (C=O) groups excluding carboxylic acids is 3. The molecule has 0 aliphatic carbocycles. The number of rotatable bonds is 57. The van der Waals surface area contributed by atoms with E-state index >= 15 is 0 Å². The van der Waals surface area contributed by atoms with Crippen molar-refractivity contribution in [3.05, 3.63) is 194 Å². The Labute approximate surface area is 509 Å². The third-order valence-corrected chi connectivity index (χ3v) is 13.1. The van der Waals surface area contributed by atoms with E-state index in [1.54, 1.807) is 0 Å². The highest BCUT2D eigenvalue weighted by Gasteiger charge is 2.19. The van der Waals surface area contributed by atoms with Gasteiger partial charge in [-0.2, -0.15) is 0 Å². The molecule has 0 aliphatic heterocycles. The minimum atomic E-state index is -0.825. The lowest BCUT2D eigenvalue weighted by Gasteiger charge is -2.18. The molecule has 0 aromatic rings. The van der Waals surface area contributed by atoms with Crippen molar-refractivity contribution in [2.24, 2.45) is 0 Å². The standard InChI is InChI=1S/C77H118O6/c1-4-7-10-13-16-19-22-25-28-31-34-36-37-38-39-41-43-46-49-52-55-58-61-64-67-70-76(79)82-73-74(72-81-75(78)69-66-63-60-57-54-51-48-45-42-33-30-27-24-21-18-15-12-9-6-3)83-77(80)71-68-65-62-59-56-53-50-47-44-40-35-32-29-26-23-20-17-14-11-8-5-2/h7-12,16-21,25-30,34-36,38-40,42-43,45-46,51-52,54-55,74H,4-6,13-15,22-24,31-33,37,41,44,47-50,53,56-73H2,1-3H3/b10-7-,11-8-,12-9-,19-16-,20-17-,21-18-,28-25-,29-26-,30-27-,36-34-,39-38-,40-35-,45-42-,46-43-,54-51-,55-52-. The molecule has 83 heavy (non-hydrogen) atoms. The summed E-state index contributed by atoms with van der Waals surface area (Å²) in [6.45, 7) is 6.23. The fourth-order valence-corrected chi connectivity index (χ4v) is 8.26. The lowest BCUT2D eigenvalue weighted by molar-refractivity contribution is -0.167. The van der Waals surface area contributed by atoms with Crippen LogP contribution < -0.4 is 0 Å². The van der Waals surface area contributed by atoms with E-state index in [4.69, 9.17) is 14.2 Å². The van der Waals surface area contributed by atoms with Gasteiger partial charge < -0.3 is 14.2 Å². The van der Waals surface area contributed by atoms with E-state index in [0.29, 0.717) is 19.3 Å². The molecule has 0 rings (SSSR count). The lowest BCUT2D eigenvalue weighted by Crippen LogP contribution is -2.30. The molecule has 462 valence electrons. The molecule has 1 unspecified atom stereocenters. The zero-order valence-electron chi connectivity index (χ0n) is 52.9. The predicted octanol–water partition coefficient (Wildman–Crippen LogP) is 23.0. The van der Waals surface area contributed by atoms with Gasteiger partial charge in [-0.25, -0.2) is 0 Å². The molecule has 0 saturated heterocycles. The Morgan fingerprint density at radius 1 is 0.241 bits per heavy atom. The number of hydrogen-bond donors (Lipinski definition) is 0. The largest absolute Gasteiger partial charge is 0.462 e. The number of allylic oxidation sites excluding steroid dienone is 32. The van der Waals surface area contributed by atoms with Crippen LogP contribution in [0.1, 0.15) is 252 Å². The van der Waals surface area contributed by atoms with Gasteiger partial charge in [0, 0.05) is 19.3 Å². The first-order chi connectivity index (χ1) is 41.0. The van der Waals surface area contributed by atoms with Crippen molar-refractivity contribution in [2.75, 3.05) is 13.2 Å². The fraction of sp³-hybridized carbons (Fsp3) is 0.545. The Balaban J connectivity index is 4.57. The highest BCUT2D eigenvalue weighted by molar-refractivity contribution is 5.71. The van der Waals surface area contributed by atoms with Crippen molar-refractivity contribution >= 4 is 17.9 Å². The Kier molecular flexibility index (Phi) is 64.0. The molecule has 0 aliphatic rings. The molecule has 0 amide bonds. The van der Waals surface area contributed by atoms with E-state index < -0.39 is 6.10 Å². The van der Waals surface area contributed by atoms with Gasteiger partial charge in [0.1, 0.15) is 13.2 Å². The van der Waals surface area contributed by atoms with E-state index in [9.17, 15) is 14.4 Å². The summed E-state index contributed by atoms with van der Waals surface area (Å²) >= 11 is 0. The number of unbranched alkanes of at least 4 members (excludes halogenated alkanes) is 14. The van der Waals surface area contributed by atoms with E-state index in [-0.39, 0.29) is 31.1 Å². The minimum Gasteiger partial charge on any atom is -0.462 e. The molecule has 1 atom stereocenters. The molecule has 0 aromatic heterocycles. The second-order valence-corrected chi connectivity index (χ2v) is 20.9. The maximum Gasteiger partial charge on any atom is 0.306 e. The van der Waals surface area contributed by atoms with Gasteiger partial charge in [-0.3, -0.25) is 14.4 Å². The van der Waals surface area contributed by atoms with Crippen LogP contribution in [0.4, 0.5) is 0 Å². The van der Waals surface area contributed by atoms with Gasteiger partial charge in [-0.05, 0) is 161 Å². The molecular formula is C77H118O6. The Morgan fingerprint density at radius 3 is 0.687 bits per heavy atom. The molecule has 0 N–H and O–H groups in total. The summed E-state index contributed by atoms with van der Waals surface area (Å²) in [5.74, 6) is -0.997. The van der Waals surface area contributed by atoms with Crippen molar-refractivity contribution in [3.8, 4) is 0 Å². The van der Waals surface area contributed by atoms with E-state index in [1.165, 1.54) is 32.1 Å². The minimum absolute atomic E-state index is 0.120. The van der Waals surface area contributed by atoms with Crippen molar-refractivity contribution in [2.45, 2.75) is 258 Å². The SMILES string of the molecule is CC/C=C\C/C=C\C/C=C\C/C=C\C/C=C\C/C=C\C/C=C\CCCCCC(=O)OCC(COC(=O)CCCCC/C=C\C/C=C\C/C=C\C/C=C\C/C=C\CC)OC(=O)CCCCCCCCCC/C=C\C/C=C\C/C=C\C/C=C\CC. The van der Waals surface area contributed by atoms with Crippen LogP contribution in [0.3, 0.4) is 0 Å². The Hall–Kier alpha value is -5.75. The molecule has 0 radical (unpaired) electrons. The van der Waals surface area contributed by atoms with Crippen LogP contribution in [-0.2, 0) is 28.6 Å². The molecule has 6 heteroatoms. The molecule has 0 bridgehead atoms. The van der Waals surface area contributed by atoms with E-state index in [1.807, 2.05) is 0 Å². The van der Waals surface area contributed by atoms with Crippen LogP contribution in [0.25, 0.3) is 0 Å². The van der Waals surface area contributed by atoms with Crippen molar-refractivity contribution in [1.82, 2.24) is 0 Å². The predicted molar refractivity (Wildman–Crippen MR) is 361 cm³/mol. The number of ether oxygens (including phenoxy) is 3. The van der Waals surface area contributed by atoms with Crippen LogP contribution in [0.5, 0.6) is 0 Å². The first-order valence-electron chi connectivity index (χ1n) is 32.9. The summed E-state index contributed by atoms with van der Waals surface area (Å²) in [5.41, 5.74) is 0. The third-order valence-electron chi connectivity index (χ3n) is 13.1. The van der Waals surface area contributed by atoms with Gasteiger partial charge in [0.05, 0.1) is 0 Å². The maximum absolute atomic E-state index is 12.9. The monoisotopic (exact) mass is 1140 g/mol. The van der Waals surface area contributed by atoms with Crippen molar-refractivity contribution in [1.29, 1.82) is 0 Å². The molecule has 6 nitrogen and oxygen atoms in total. The summed E-state index contributed by atoms with van der Waals surface area (Å²) in [5, 5.41) is 0. The van der Waals surface area contributed by atoms with Crippen LogP contribution in [0, 0.1) is 0 Å². The molecule has 0 saturated carbocycles. The second-order valence-electron chi connectivity index (χ2n) is 20.9.